The largest absolute Gasteiger partial charge is 0.493 e. The van der Waals surface area contributed by atoms with E-state index in [1.165, 1.54) is 19.8 Å². The van der Waals surface area contributed by atoms with Crippen LogP contribution >= 0.6 is 0 Å². The molecule has 12 nitrogen and oxygen atoms in total. The average Bonchev–Trinajstić information content (AvgIpc) is 3.77. The number of methoxy groups -OCH3 is 3. The Morgan fingerprint density at radius 3 is 2.10 bits per heavy atom. The number of anilines is 1. The molecule has 0 bridgehead atoms. The molecule has 1 unspecified atom stereocenters. The van der Waals surface area contributed by atoms with Gasteiger partial charge in [0.2, 0.25) is 0 Å². The zero-order valence-electron chi connectivity index (χ0n) is 28.2. The fourth-order valence-electron chi connectivity index (χ4n) is 7.14. The Labute approximate surface area is 294 Å². The minimum Gasteiger partial charge on any atom is -0.493 e. The predicted molar refractivity (Wildman–Crippen MR) is 189 cm³/mol. The second-order valence-corrected chi connectivity index (χ2v) is 12.1. The number of aliphatic hydroxyl groups is 2. The van der Waals surface area contributed by atoms with Gasteiger partial charge in [0.05, 0.1) is 26.0 Å². The van der Waals surface area contributed by atoms with Crippen molar-refractivity contribution in [2.75, 3.05) is 26.6 Å². The summed E-state index contributed by atoms with van der Waals surface area (Å²) < 4.78 is 25.8. The zero-order chi connectivity index (χ0) is 35.5. The first-order valence-electron chi connectivity index (χ1n) is 16.3. The molecular weight excluding hydrogens is 650 g/mol. The van der Waals surface area contributed by atoms with E-state index in [0.29, 0.717) is 33.8 Å². The lowest BCUT2D eigenvalue weighted by atomic mass is 9.63. The molecule has 7 rings (SSSR count). The molecule has 1 amide bonds. The van der Waals surface area contributed by atoms with Crippen LogP contribution in [0.15, 0.2) is 122 Å². The lowest BCUT2D eigenvalue weighted by Crippen LogP contribution is -2.52. The number of imidazole rings is 1. The highest BCUT2D eigenvalue weighted by Crippen LogP contribution is 2.51. The Kier molecular flexibility index (Phi) is 9.48. The van der Waals surface area contributed by atoms with Gasteiger partial charge in [0.25, 0.3) is 5.91 Å². The molecule has 0 saturated carbocycles. The predicted octanol–water partition coefficient (Wildman–Crippen LogP) is 4.76. The van der Waals surface area contributed by atoms with Crippen LogP contribution in [0.2, 0.25) is 0 Å². The molecule has 3 heterocycles. The monoisotopic (exact) mass is 687 g/mol. The second-order valence-electron chi connectivity index (χ2n) is 12.1. The number of hydrogen-bond acceptors (Lipinski definition) is 10. The van der Waals surface area contributed by atoms with Gasteiger partial charge in [-0.3, -0.25) is 9.36 Å². The van der Waals surface area contributed by atoms with Crippen molar-refractivity contribution in [1.29, 1.82) is 0 Å². The van der Waals surface area contributed by atoms with Crippen LogP contribution < -0.4 is 14.8 Å². The fraction of sp³-hybridized carbons (Fsp3) is 0.231. The van der Waals surface area contributed by atoms with Gasteiger partial charge in [-0.25, -0.2) is 15.0 Å². The van der Waals surface area contributed by atoms with E-state index >= 15 is 0 Å². The molecule has 0 aliphatic carbocycles. The molecule has 1 fully saturated rings. The van der Waals surface area contributed by atoms with Crippen molar-refractivity contribution in [1.82, 2.24) is 19.5 Å². The van der Waals surface area contributed by atoms with Gasteiger partial charge in [-0.1, -0.05) is 91.0 Å². The van der Waals surface area contributed by atoms with Gasteiger partial charge >= 0.3 is 0 Å². The van der Waals surface area contributed by atoms with Crippen molar-refractivity contribution in [3.8, 4) is 11.5 Å². The van der Waals surface area contributed by atoms with Crippen LogP contribution in [-0.2, 0) is 14.9 Å². The van der Waals surface area contributed by atoms with Crippen molar-refractivity contribution in [2.24, 2.45) is 0 Å². The molecule has 1 aliphatic heterocycles. The number of hydrogen-bond donors (Lipinski definition) is 3. The van der Waals surface area contributed by atoms with E-state index in [1.54, 1.807) is 49.1 Å². The topological polar surface area (TPSA) is 150 Å². The van der Waals surface area contributed by atoms with E-state index in [-0.39, 0.29) is 11.7 Å². The van der Waals surface area contributed by atoms with E-state index in [1.807, 2.05) is 78.9 Å². The highest BCUT2D eigenvalue weighted by atomic mass is 16.6. The summed E-state index contributed by atoms with van der Waals surface area (Å²) in [4.78, 5) is 26.2. The number of nitrogens with zero attached hydrogens (tertiary/aromatic N) is 4. The van der Waals surface area contributed by atoms with E-state index in [9.17, 15) is 15.0 Å². The van der Waals surface area contributed by atoms with Crippen LogP contribution in [0.25, 0.3) is 11.2 Å². The van der Waals surface area contributed by atoms with Gasteiger partial charge in [-0.15, -0.1) is 0 Å². The normalized spacial score (nSPS) is 19.5. The van der Waals surface area contributed by atoms with Crippen molar-refractivity contribution in [3.05, 3.63) is 144 Å². The molecule has 0 radical (unpaired) electrons. The average molecular weight is 688 g/mol. The molecule has 2 aromatic heterocycles. The number of ether oxygens (including phenoxy) is 4. The molecule has 0 spiro atoms. The summed E-state index contributed by atoms with van der Waals surface area (Å²) in [5.41, 5.74) is 1.79. The third-order valence-corrected chi connectivity index (χ3v) is 9.46. The Bertz CT molecular complexity index is 2070. The standard InChI is InChI=1S/C39H37N5O7/c1-48-28-21-13-20-27(31(28)49-2)39(25-16-9-5-10-17-25,26-18-11-6-12-19-26)34(46)32-30(45)33(50-3)38(51-32)44-23-42-29-35(40-22-41-36(29)44)43-37(47)24-14-7-4-8-15-24/h4-23,30,32-34,38,45-46H,1-3H3,(H,40,41,43,47)/t30-,32+,33-,34?,38-/m1/s1. The van der Waals surface area contributed by atoms with E-state index in [2.05, 4.69) is 20.3 Å². The molecule has 51 heavy (non-hydrogen) atoms. The molecular formula is C39H37N5O7. The number of fused-ring (bicyclic) bond motifs is 1. The van der Waals surface area contributed by atoms with Gasteiger partial charge in [0.15, 0.2) is 34.7 Å². The lowest BCUT2D eigenvalue weighted by Gasteiger charge is -2.43. The highest BCUT2D eigenvalue weighted by Gasteiger charge is 2.56. The van der Waals surface area contributed by atoms with Crippen LogP contribution in [0.1, 0.15) is 33.3 Å². The summed E-state index contributed by atoms with van der Waals surface area (Å²) >= 11 is 0. The molecule has 1 aliphatic rings. The zero-order valence-corrected chi connectivity index (χ0v) is 28.2. The van der Waals surface area contributed by atoms with E-state index < -0.39 is 36.1 Å². The summed E-state index contributed by atoms with van der Waals surface area (Å²) in [5.74, 6) is 0.732. The summed E-state index contributed by atoms with van der Waals surface area (Å²) in [6.07, 6.45) is -3.11. The van der Waals surface area contributed by atoms with Gasteiger partial charge in [-0.2, -0.15) is 0 Å². The molecule has 5 atom stereocenters. The number of rotatable bonds is 11. The van der Waals surface area contributed by atoms with E-state index in [4.69, 9.17) is 18.9 Å². The first-order chi connectivity index (χ1) is 24.9. The molecule has 6 aromatic rings. The van der Waals surface area contributed by atoms with Crippen LogP contribution in [0.5, 0.6) is 11.5 Å². The number of amides is 1. The van der Waals surface area contributed by atoms with Crippen LogP contribution in [0.3, 0.4) is 0 Å². The maximum Gasteiger partial charge on any atom is 0.256 e. The maximum absolute atomic E-state index is 13.0. The minimum absolute atomic E-state index is 0.203. The Morgan fingerprint density at radius 1 is 0.843 bits per heavy atom. The quantitative estimate of drug-likeness (QED) is 0.163. The number of nitrogens with one attached hydrogen (secondary N) is 1. The first kappa shape index (κ1) is 33.8. The molecule has 1 saturated heterocycles. The summed E-state index contributed by atoms with van der Waals surface area (Å²) in [7, 11) is 4.57. The first-order valence-corrected chi connectivity index (χ1v) is 16.3. The summed E-state index contributed by atoms with van der Waals surface area (Å²) in [6.45, 7) is 0. The Morgan fingerprint density at radius 2 is 1.49 bits per heavy atom. The van der Waals surface area contributed by atoms with Crippen LogP contribution in [0.4, 0.5) is 5.82 Å². The second kappa shape index (κ2) is 14.3. The van der Waals surface area contributed by atoms with Crippen molar-refractivity contribution in [2.45, 2.75) is 36.1 Å². The minimum atomic E-state index is -1.42. The molecule has 260 valence electrons. The van der Waals surface area contributed by atoms with Gasteiger partial charge in [0, 0.05) is 18.2 Å². The van der Waals surface area contributed by atoms with Gasteiger partial charge < -0.3 is 34.5 Å². The van der Waals surface area contributed by atoms with E-state index in [0.717, 1.165) is 11.1 Å². The number of aliphatic hydroxyl groups excluding tert-OH is 2. The van der Waals surface area contributed by atoms with Gasteiger partial charge in [-0.05, 0) is 29.3 Å². The Balaban J connectivity index is 1.34. The Hall–Kier alpha value is -5.66. The van der Waals surface area contributed by atoms with Gasteiger partial charge in [0.1, 0.15) is 30.7 Å². The number of benzene rings is 4. The third kappa shape index (κ3) is 5.77. The maximum atomic E-state index is 13.0. The highest BCUT2D eigenvalue weighted by molar-refractivity contribution is 6.06. The molecule has 4 aromatic carbocycles. The number of para-hydroxylation sites is 1. The summed E-state index contributed by atoms with van der Waals surface area (Å²) in [5, 5.41) is 27.7. The fourth-order valence-corrected chi connectivity index (χ4v) is 7.14. The third-order valence-electron chi connectivity index (χ3n) is 9.46. The number of carbonyl (C=O) groups is 1. The van der Waals surface area contributed by atoms with Crippen LogP contribution in [0, 0.1) is 0 Å². The van der Waals surface area contributed by atoms with Crippen molar-refractivity contribution < 1.29 is 34.0 Å². The smallest absolute Gasteiger partial charge is 0.256 e. The molecule has 12 heteroatoms. The SMILES string of the molecule is COc1cccc(C(c2ccccc2)(c2ccccc2)C(O)[C@H]2O[C@@H](n3cnc4c(NC(=O)c5ccccc5)ncnc43)[C@H](OC)[C@@H]2O)c1OC. The molecule has 3 N–H and O–H groups in total. The summed E-state index contributed by atoms with van der Waals surface area (Å²) in [6, 6.07) is 33.3. The van der Waals surface area contributed by atoms with Crippen molar-refractivity contribution >= 4 is 22.9 Å². The van der Waals surface area contributed by atoms with Crippen LogP contribution in [-0.4, -0.2) is 81.4 Å². The van der Waals surface area contributed by atoms with Crippen molar-refractivity contribution in [3.63, 3.8) is 0 Å². The number of aromatic nitrogens is 4. The lowest BCUT2D eigenvalue weighted by molar-refractivity contribution is -0.0981. The number of carbonyl (C=O) groups excluding carboxylic acids is 1.